The van der Waals surface area contributed by atoms with Gasteiger partial charge in [-0.25, -0.2) is 0 Å². The Kier molecular flexibility index (Phi) is 2.31. The molecular formula is C14H20N2. The number of nitrogen functional groups attached to an aromatic ring is 1. The van der Waals surface area contributed by atoms with Gasteiger partial charge in [-0.05, 0) is 43.2 Å². The molecule has 1 aromatic carbocycles. The van der Waals surface area contributed by atoms with Crippen molar-refractivity contribution in [1.29, 1.82) is 0 Å². The quantitative estimate of drug-likeness (QED) is 0.731. The maximum absolute atomic E-state index is 6.17. The zero-order valence-corrected chi connectivity index (χ0v) is 9.95. The van der Waals surface area contributed by atoms with E-state index in [0.29, 0.717) is 0 Å². The van der Waals surface area contributed by atoms with E-state index in [2.05, 4.69) is 30.0 Å². The zero-order valence-electron chi connectivity index (χ0n) is 9.95. The molecule has 0 amide bonds. The lowest BCUT2D eigenvalue weighted by Gasteiger charge is -2.22. The number of hydrogen-bond acceptors (Lipinski definition) is 2. The van der Waals surface area contributed by atoms with Crippen LogP contribution in [0.25, 0.3) is 0 Å². The van der Waals surface area contributed by atoms with Gasteiger partial charge in [0.2, 0.25) is 0 Å². The average molecular weight is 216 g/mol. The van der Waals surface area contributed by atoms with Crippen LogP contribution >= 0.6 is 0 Å². The molecular weight excluding hydrogens is 196 g/mol. The van der Waals surface area contributed by atoms with E-state index < -0.39 is 0 Å². The minimum absolute atomic E-state index is 0.930. The van der Waals surface area contributed by atoms with Crippen LogP contribution in [0.2, 0.25) is 0 Å². The highest BCUT2D eigenvalue weighted by Crippen LogP contribution is 2.41. The third-order valence-electron chi connectivity index (χ3n) is 4.37. The van der Waals surface area contributed by atoms with E-state index in [0.717, 1.165) is 17.5 Å². The third-order valence-corrected chi connectivity index (χ3v) is 4.37. The van der Waals surface area contributed by atoms with Gasteiger partial charge in [-0.1, -0.05) is 18.6 Å². The Hall–Kier alpha value is -1.18. The van der Waals surface area contributed by atoms with Crippen LogP contribution in [-0.2, 0) is 0 Å². The molecule has 1 aliphatic carbocycles. The van der Waals surface area contributed by atoms with Gasteiger partial charge in [0.15, 0.2) is 0 Å². The van der Waals surface area contributed by atoms with Gasteiger partial charge in [0.1, 0.15) is 0 Å². The molecule has 2 nitrogen and oxygen atoms in total. The molecule has 1 saturated heterocycles. The van der Waals surface area contributed by atoms with Gasteiger partial charge in [-0.2, -0.15) is 0 Å². The summed E-state index contributed by atoms with van der Waals surface area (Å²) in [6, 6.07) is 6.38. The molecule has 3 rings (SSSR count). The number of anilines is 2. The van der Waals surface area contributed by atoms with Gasteiger partial charge in [-0.15, -0.1) is 0 Å². The normalized spacial score (nSPS) is 28.4. The van der Waals surface area contributed by atoms with E-state index in [9.17, 15) is 0 Å². The average Bonchev–Trinajstić information content (AvgIpc) is 2.81. The molecule has 2 N–H and O–H groups in total. The largest absolute Gasteiger partial charge is 0.397 e. The van der Waals surface area contributed by atoms with Crippen LogP contribution in [0.4, 0.5) is 11.4 Å². The summed E-state index contributed by atoms with van der Waals surface area (Å²) in [5.41, 5.74) is 9.61. The van der Waals surface area contributed by atoms with Crippen molar-refractivity contribution >= 4 is 11.4 Å². The smallest absolute Gasteiger partial charge is 0.0602 e. The van der Waals surface area contributed by atoms with Gasteiger partial charge in [0.25, 0.3) is 0 Å². The van der Waals surface area contributed by atoms with Crippen LogP contribution in [0.3, 0.4) is 0 Å². The number of benzene rings is 1. The van der Waals surface area contributed by atoms with E-state index in [4.69, 9.17) is 5.73 Å². The summed E-state index contributed by atoms with van der Waals surface area (Å²) in [5.74, 6) is 1.86. The predicted molar refractivity (Wildman–Crippen MR) is 68.6 cm³/mol. The summed E-state index contributed by atoms with van der Waals surface area (Å²) < 4.78 is 0. The van der Waals surface area contributed by atoms with Crippen LogP contribution in [-0.4, -0.2) is 13.1 Å². The summed E-state index contributed by atoms with van der Waals surface area (Å²) >= 11 is 0. The summed E-state index contributed by atoms with van der Waals surface area (Å²) in [4.78, 5) is 2.50. The molecule has 86 valence electrons. The van der Waals surface area contributed by atoms with Crippen LogP contribution < -0.4 is 10.6 Å². The minimum atomic E-state index is 0.930. The summed E-state index contributed by atoms with van der Waals surface area (Å²) in [5, 5.41) is 0. The third kappa shape index (κ3) is 1.48. The highest BCUT2D eigenvalue weighted by molar-refractivity contribution is 5.71. The van der Waals surface area contributed by atoms with Crippen molar-refractivity contribution in [2.75, 3.05) is 23.7 Å². The van der Waals surface area contributed by atoms with Crippen LogP contribution in [0.1, 0.15) is 24.8 Å². The van der Waals surface area contributed by atoms with Crippen LogP contribution in [0.5, 0.6) is 0 Å². The van der Waals surface area contributed by atoms with Crippen molar-refractivity contribution in [3.63, 3.8) is 0 Å². The molecule has 2 atom stereocenters. The van der Waals surface area contributed by atoms with E-state index in [1.165, 1.54) is 43.6 Å². The first-order valence-corrected chi connectivity index (χ1v) is 6.36. The second-order valence-corrected chi connectivity index (χ2v) is 5.36. The number of hydrogen-bond donors (Lipinski definition) is 1. The number of nitrogens with zero attached hydrogens (tertiary/aromatic N) is 1. The number of aryl methyl sites for hydroxylation is 1. The van der Waals surface area contributed by atoms with Crippen molar-refractivity contribution in [1.82, 2.24) is 0 Å². The van der Waals surface area contributed by atoms with Crippen molar-refractivity contribution in [3.05, 3.63) is 23.8 Å². The molecule has 0 aromatic heterocycles. The maximum atomic E-state index is 6.17. The van der Waals surface area contributed by atoms with E-state index in [1.807, 2.05) is 0 Å². The Morgan fingerprint density at radius 3 is 2.56 bits per heavy atom. The second-order valence-electron chi connectivity index (χ2n) is 5.36. The summed E-state index contributed by atoms with van der Waals surface area (Å²) in [7, 11) is 0. The first-order valence-electron chi connectivity index (χ1n) is 6.36. The highest BCUT2D eigenvalue weighted by atomic mass is 15.2. The number of para-hydroxylation sites is 1. The summed E-state index contributed by atoms with van der Waals surface area (Å²) in [6.45, 7) is 4.53. The van der Waals surface area contributed by atoms with Crippen molar-refractivity contribution < 1.29 is 0 Å². The number of rotatable bonds is 1. The number of nitrogens with two attached hydrogens (primary N) is 1. The van der Waals surface area contributed by atoms with Gasteiger partial charge in [0.05, 0.1) is 11.4 Å². The molecule has 1 saturated carbocycles. The lowest BCUT2D eigenvalue weighted by atomic mass is 10.0. The maximum Gasteiger partial charge on any atom is 0.0602 e. The Morgan fingerprint density at radius 2 is 1.88 bits per heavy atom. The predicted octanol–water partition coefficient (Wildman–Crippen LogP) is 2.81. The Labute approximate surface area is 97.4 Å². The van der Waals surface area contributed by atoms with Gasteiger partial charge < -0.3 is 10.6 Å². The van der Waals surface area contributed by atoms with E-state index in [-0.39, 0.29) is 0 Å². The van der Waals surface area contributed by atoms with Crippen LogP contribution in [0, 0.1) is 18.8 Å². The van der Waals surface area contributed by atoms with E-state index >= 15 is 0 Å². The second kappa shape index (κ2) is 3.69. The number of fused-ring (bicyclic) bond motifs is 1. The molecule has 0 radical (unpaired) electrons. The Balaban J connectivity index is 1.86. The fraction of sp³-hybridized carbons (Fsp3) is 0.571. The molecule has 2 aliphatic rings. The van der Waals surface area contributed by atoms with Gasteiger partial charge in [0, 0.05) is 13.1 Å². The van der Waals surface area contributed by atoms with Crippen molar-refractivity contribution in [2.45, 2.75) is 26.2 Å². The molecule has 1 aliphatic heterocycles. The molecule has 0 bridgehead atoms. The lowest BCUT2D eigenvalue weighted by Crippen LogP contribution is -2.22. The summed E-state index contributed by atoms with van der Waals surface area (Å²) in [6.07, 6.45) is 4.28. The molecule has 0 spiro atoms. The van der Waals surface area contributed by atoms with Gasteiger partial charge >= 0.3 is 0 Å². The van der Waals surface area contributed by atoms with Crippen molar-refractivity contribution in [3.8, 4) is 0 Å². The Bertz CT molecular complexity index is 388. The SMILES string of the molecule is Cc1cccc(N2CC3CCCC3C2)c1N. The highest BCUT2D eigenvalue weighted by Gasteiger charge is 2.36. The standard InChI is InChI=1S/C14H20N2/c1-10-4-2-7-13(14(10)15)16-8-11-5-3-6-12(11)9-16/h2,4,7,11-12H,3,5-6,8-9,15H2,1H3. The monoisotopic (exact) mass is 216 g/mol. The van der Waals surface area contributed by atoms with Crippen LogP contribution in [0.15, 0.2) is 18.2 Å². The van der Waals surface area contributed by atoms with E-state index in [1.54, 1.807) is 0 Å². The minimum Gasteiger partial charge on any atom is -0.397 e. The molecule has 2 unspecified atom stereocenters. The van der Waals surface area contributed by atoms with Crippen molar-refractivity contribution in [2.24, 2.45) is 11.8 Å². The zero-order chi connectivity index (χ0) is 11.1. The first-order chi connectivity index (χ1) is 7.75. The first kappa shape index (κ1) is 10.0. The van der Waals surface area contributed by atoms with Gasteiger partial charge in [-0.3, -0.25) is 0 Å². The fourth-order valence-electron chi connectivity index (χ4n) is 3.37. The molecule has 2 heteroatoms. The Morgan fingerprint density at radius 1 is 1.19 bits per heavy atom. The fourth-order valence-corrected chi connectivity index (χ4v) is 3.37. The lowest BCUT2D eigenvalue weighted by molar-refractivity contribution is 0.494. The molecule has 1 heterocycles. The topological polar surface area (TPSA) is 29.3 Å². The molecule has 16 heavy (non-hydrogen) atoms. The molecule has 2 fully saturated rings. The molecule has 1 aromatic rings.